The van der Waals surface area contributed by atoms with E-state index in [9.17, 15) is 8.42 Å². The number of anilines is 1. The molecule has 2 rings (SSSR count). The van der Waals surface area contributed by atoms with Gasteiger partial charge in [-0.15, -0.1) is 0 Å². The topological polar surface area (TPSA) is 58.2 Å². The Morgan fingerprint density at radius 3 is 2.57 bits per heavy atom. The van der Waals surface area contributed by atoms with Crippen LogP contribution in [0, 0.1) is 0 Å². The molecule has 0 unspecified atom stereocenters. The molecule has 112 valence electrons. The van der Waals surface area contributed by atoms with Crippen molar-refractivity contribution >= 4 is 31.6 Å². The number of sulfonamides is 1. The summed E-state index contributed by atoms with van der Waals surface area (Å²) in [5, 5.41) is 3.06. The summed E-state index contributed by atoms with van der Waals surface area (Å²) in [6, 6.07) is 14.4. The van der Waals surface area contributed by atoms with E-state index in [2.05, 4.69) is 26.0 Å². The number of para-hydroxylation sites is 1. The third-order valence-corrected chi connectivity index (χ3v) is 4.85. The van der Waals surface area contributed by atoms with Crippen molar-refractivity contribution in [1.29, 1.82) is 0 Å². The molecular formula is C15H17BrN2O2S. The van der Waals surface area contributed by atoms with Gasteiger partial charge in [0.15, 0.2) is 0 Å². The van der Waals surface area contributed by atoms with Crippen molar-refractivity contribution in [1.82, 2.24) is 4.72 Å². The summed E-state index contributed by atoms with van der Waals surface area (Å²) >= 11 is 3.37. The molecular weight excluding hydrogens is 352 g/mol. The van der Waals surface area contributed by atoms with Crippen molar-refractivity contribution in [2.45, 2.75) is 18.4 Å². The molecule has 0 radical (unpaired) electrons. The Bertz CT molecular complexity index is 717. The molecule has 0 aliphatic carbocycles. The monoisotopic (exact) mass is 368 g/mol. The average Bonchev–Trinajstić information content (AvgIpc) is 2.46. The quantitative estimate of drug-likeness (QED) is 0.821. The van der Waals surface area contributed by atoms with Crippen LogP contribution in [0.3, 0.4) is 0 Å². The SMILES string of the molecule is CCNc1ccccc1S(=O)(=O)NCc1cccc(Br)c1. The number of rotatable bonds is 6. The van der Waals surface area contributed by atoms with Crippen molar-refractivity contribution in [3.8, 4) is 0 Å². The van der Waals surface area contributed by atoms with Gasteiger partial charge in [-0.1, -0.05) is 40.2 Å². The van der Waals surface area contributed by atoms with Gasteiger partial charge >= 0.3 is 0 Å². The molecule has 0 saturated heterocycles. The molecule has 0 atom stereocenters. The highest BCUT2D eigenvalue weighted by Crippen LogP contribution is 2.21. The van der Waals surface area contributed by atoms with Gasteiger partial charge in [-0.3, -0.25) is 0 Å². The average molecular weight is 369 g/mol. The molecule has 21 heavy (non-hydrogen) atoms. The first-order chi connectivity index (χ1) is 10.0. The van der Waals surface area contributed by atoms with E-state index in [0.29, 0.717) is 12.2 Å². The lowest BCUT2D eigenvalue weighted by Gasteiger charge is -2.12. The van der Waals surface area contributed by atoms with Gasteiger partial charge in [0.2, 0.25) is 10.0 Å². The van der Waals surface area contributed by atoms with Crippen LogP contribution in [0.25, 0.3) is 0 Å². The lowest BCUT2D eigenvalue weighted by atomic mass is 10.2. The van der Waals surface area contributed by atoms with Gasteiger partial charge in [0.1, 0.15) is 4.90 Å². The van der Waals surface area contributed by atoms with Crippen LogP contribution in [0.1, 0.15) is 12.5 Å². The third kappa shape index (κ3) is 4.30. The smallest absolute Gasteiger partial charge is 0.242 e. The molecule has 0 heterocycles. The van der Waals surface area contributed by atoms with Crippen LogP contribution in [0.15, 0.2) is 57.9 Å². The third-order valence-electron chi connectivity index (χ3n) is 2.90. The van der Waals surface area contributed by atoms with E-state index in [1.54, 1.807) is 18.2 Å². The highest BCUT2D eigenvalue weighted by molar-refractivity contribution is 9.10. The van der Waals surface area contributed by atoms with Gasteiger partial charge in [0.25, 0.3) is 0 Å². The Kier molecular flexibility index (Phi) is 5.39. The Hall–Kier alpha value is -1.37. The van der Waals surface area contributed by atoms with Crippen molar-refractivity contribution in [3.05, 3.63) is 58.6 Å². The molecule has 2 aromatic carbocycles. The zero-order chi connectivity index (χ0) is 15.3. The van der Waals surface area contributed by atoms with Gasteiger partial charge in [0.05, 0.1) is 5.69 Å². The van der Waals surface area contributed by atoms with Crippen LogP contribution in [0.5, 0.6) is 0 Å². The maximum atomic E-state index is 12.4. The molecule has 0 aromatic heterocycles. The first-order valence-corrected chi connectivity index (χ1v) is 8.87. The predicted molar refractivity (Wildman–Crippen MR) is 88.8 cm³/mol. The molecule has 0 aliphatic rings. The van der Waals surface area contributed by atoms with E-state index in [1.165, 1.54) is 0 Å². The van der Waals surface area contributed by atoms with Crippen LogP contribution < -0.4 is 10.0 Å². The predicted octanol–water partition coefficient (Wildman–Crippen LogP) is 3.36. The Morgan fingerprint density at radius 1 is 1.10 bits per heavy atom. The van der Waals surface area contributed by atoms with Crippen LogP contribution in [-0.4, -0.2) is 15.0 Å². The van der Waals surface area contributed by atoms with Crippen LogP contribution in [0.4, 0.5) is 5.69 Å². The van der Waals surface area contributed by atoms with E-state index >= 15 is 0 Å². The maximum absolute atomic E-state index is 12.4. The van der Waals surface area contributed by atoms with Gasteiger partial charge in [0, 0.05) is 17.6 Å². The van der Waals surface area contributed by atoms with Crippen molar-refractivity contribution in [2.24, 2.45) is 0 Å². The van der Waals surface area contributed by atoms with Gasteiger partial charge < -0.3 is 5.32 Å². The summed E-state index contributed by atoms with van der Waals surface area (Å²) < 4.78 is 28.4. The number of nitrogens with one attached hydrogen (secondary N) is 2. The van der Waals surface area contributed by atoms with E-state index in [4.69, 9.17) is 0 Å². The van der Waals surface area contributed by atoms with Crippen LogP contribution in [0.2, 0.25) is 0 Å². The van der Waals surface area contributed by atoms with E-state index in [-0.39, 0.29) is 11.4 Å². The minimum atomic E-state index is -3.55. The zero-order valence-electron chi connectivity index (χ0n) is 11.6. The fraction of sp³-hybridized carbons (Fsp3) is 0.200. The molecule has 0 bridgehead atoms. The van der Waals surface area contributed by atoms with E-state index in [0.717, 1.165) is 10.0 Å². The summed E-state index contributed by atoms with van der Waals surface area (Å²) in [7, 11) is -3.55. The fourth-order valence-electron chi connectivity index (χ4n) is 1.94. The van der Waals surface area contributed by atoms with Gasteiger partial charge in [-0.05, 0) is 36.8 Å². The largest absolute Gasteiger partial charge is 0.384 e. The second kappa shape index (κ2) is 7.06. The second-order valence-corrected chi connectivity index (χ2v) is 7.13. The maximum Gasteiger partial charge on any atom is 0.242 e. The molecule has 0 spiro atoms. The normalized spacial score (nSPS) is 11.3. The highest BCUT2D eigenvalue weighted by atomic mass is 79.9. The summed E-state index contributed by atoms with van der Waals surface area (Å²) in [5.74, 6) is 0. The number of hydrogen-bond acceptors (Lipinski definition) is 3. The Labute approximate surface area is 133 Å². The summed E-state index contributed by atoms with van der Waals surface area (Å²) in [4.78, 5) is 0.266. The zero-order valence-corrected chi connectivity index (χ0v) is 14.0. The molecule has 0 amide bonds. The lowest BCUT2D eigenvalue weighted by Crippen LogP contribution is -2.24. The summed E-state index contributed by atoms with van der Waals surface area (Å²) in [6.45, 7) is 2.85. The number of hydrogen-bond donors (Lipinski definition) is 2. The van der Waals surface area contributed by atoms with Crippen molar-refractivity contribution in [2.75, 3.05) is 11.9 Å². The van der Waals surface area contributed by atoms with E-state index < -0.39 is 10.0 Å². The molecule has 0 fully saturated rings. The first kappa shape index (κ1) is 16.0. The van der Waals surface area contributed by atoms with Crippen LogP contribution in [-0.2, 0) is 16.6 Å². The van der Waals surface area contributed by atoms with Gasteiger partial charge in [-0.25, -0.2) is 13.1 Å². The molecule has 0 saturated carbocycles. The minimum absolute atomic E-state index is 0.252. The van der Waals surface area contributed by atoms with Crippen molar-refractivity contribution < 1.29 is 8.42 Å². The molecule has 2 N–H and O–H groups in total. The minimum Gasteiger partial charge on any atom is -0.384 e. The first-order valence-electron chi connectivity index (χ1n) is 6.60. The Balaban J connectivity index is 2.19. The standard InChI is InChI=1S/C15H17BrN2O2S/c1-2-17-14-8-3-4-9-15(14)21(19,20)18-11-12-6-5-7-13(16)10-12/h3-10,17-18H,2,11H2,1H3. The summed E-state index contributed by atoms with van der Waals surface area (Å²) in [6.07, 6.45) is 0. The molecule has 6 heteroatoms. The van der Waals surface area contributed by atoms with Crippen LogP contribution >= 0.6 is 15.9 Å². The molecule has 4 nitrogen and oxygen atoms in total. The number of benzene rings is 2. The lowest BCUT2D eigenvalue weighted by molar-refractivity contribution is 0.581. The van der Waals surface area contributed by atoms with Gasteiger partial charge in [-0.2, -0.15) is 0 Å². The van der Waals surface area contributed by atoms with Crippen molar-refractivity contribution in [3.63, 3.8) is 0 Å². The molecule has 2 aromatic rings. The molecule has 0 aliphatic heterocycles. The Morgan fingerprint density at radius 2 is 1.86 bits per heavy atom. The highest BCUT2D eigenvalue weighted by Gasteiger charge is 2.17. The summed E-state index contributed by atoms with van der Waals surface area (Å²) in [5.41, 5.74) is 1.51. The van der Waals surface area contributed by atoms with E-state index in [1.807, 2.05) is 37.3 Å². The fourth-order valence-corrected chi connectivity index (χ4v) is 3.59. The second-order valence-electron chi connectivity index (χ2n) is 4.48. The number of halogens is 1.